The van der Waals surface area contributed by atoms with E-state index in [0.717, 1.165) is 61.1 Å². The zero-order valence-corrected chi connectivity index (χ0v) is 32.9. The average Bonchev–Trinajstić information content (AvgIpc) is 3.54. The van der Waals surface area contributed by atoms with Crippen LogP contribution in [0.1, 0.15) is 26.7 Å². The fraction of sp³-hybridized carbons (Fsp3) is 0.130. The van der Waals surface area contributed by atoms with Gasteiger partial charge in [-0.3, -0.25) is 0 Å². The molecule has 0 bridgehead atoms. The normalized spacial score (nSPS) is 11.7. The van der Waals surface area contributed by atoms with Crippen molar-refractivity contribution in [2.45, 2.75) is 39.4 Å². The summed E-state index contributed by atoms with van der Waals surface area (Å²) in [5, 5.41) is 3.50. The van der Waals surface area contributed by atoms with Gasteiger partial charge in [-0.15, -0.1) is 54.1 Å². The Hall–Kier alpha value is -4.93. The molecule has 0 unspecified atom stereocenters. The summed E-state index contributed by atoms with van der Waals surface area (Å²) in [6, 6.07) is 52.0. The van der Waals surface area contributed by atoms with Gasteiger partial charge in [-0.25, -0.2) is 0 Å². The number of benzene rings is 5. The number of pyridine rings is 2. The molecule has 5 heteroatoms. The maximum Gasteiger partial charge on any atom is 0.120 e. The van der Waals surface area contributed by atoms with Crippen LogP contribution in [-0.4, -0.2) is 18.0 Å². The summed E-state index contributed by atoms with van der Waals surface area (Å²) in [7, 11) is -1.23. The van der Waals surface area contributed by atoms with Gasteiger partial charge in [0.15, 0.2) is 0 Å². The second-order valence-corrected chi connectivity index (χ2v) is 18.8. The maximum absolute atomic E-state index is 8.39. The van der Waals surface area contributed by atoms with Crippen molar-refractivity contribution in [3.63, 3.8) is 0 Å². The van der Waals surface area contributed by atoms with Gasteiger partial charge in [0.1, 0.15) is 5.58 Å². The van der Waals surface area contributed by atoms with Crippen LogP contribution >= 0.6 is 0 Å². The molecule has 0 aliphatic rings. The van der Waals surface area contributed by atoms with Gasteiger partial charge in [0.25, 0.3) is 0 Å². The molecule has 0 atom stereocenters. The minimum atomic E-state index is -1.23. The Bertz CT molecular complexity index is 2410. The summed E-state index contributed by atoms with van der Waals surface area (Å²) in [4.78, 5) is 9.09. The molecule has 0 aliphatic heterocycles. The molecule has 8 aromatic rings. The van der Waals surface area contributed by atoms with Crippen LogP contribution in [-0.2, 0) is 20.1 Å². The minimum absolute atomic E-state index is 0. The summed E-state index contributed by atoms with van der Waals surface area (Å²) in [6.45, 7) is 10.8. The number of hydrogen-bond donors (Lipinski definition) is 0. The Morgan fingerprint density at radius 2 is 1.35 bits per heavy atom. The van der Waals surface area contributed by atoms with Crippen molar-refractivity contribution in [2.24, 2.45) is 0 Å². The number of nitrogens with zero attached hydrogens (tertiary/aromatic N) is 2. The molecule has 0 saturated carbocycles. The number of fused-ring (bicyclic) bond motifs is 3. The van der Waals surface area contributed by atoms with E-state index in [4.69, 9.17) is 5.79 Å². The van der Waals surface area contributed by atoms with Gasteiger partial charge in [0, 0.05) is 39.3 Å². The van der Waals surface area contributed by atoms with Gasteiger partial charge < -0.3 is 14.4 Å². The Morgan fingerprint density at radius 3 is 2.02 bits per heavy atom. The summed E-state index contributed by atoms with van der Waals surface area (Å²) in [5.41, 5.74) is 10.9. The molecule has 0 saturated heterocycles. The summed E-state index contributed by atoms with van der Waals surface area (Å²) in [6.07, 6.45) is 3.77. The molecule has 0 N–H and O–H groups in total. The minimum Gasteiger partial charge on any atom is -0.501 e. The van der Waals surface area contributed by atoms with E-state index in [0.29, 0.717) is 0 Å². The average molecular weight is 858 g/mol. The summed E-state index contributed by atoms with van der Waals surface area (Å²) >= 11 is 0. The van der Waals surface area contributed by atoms with Crippen LogP contribution in [0.3, 0.4) is 0 Å². The van der Waals surface area contributed by atoms with E-state index in [9.17, 15) is 0 Å². The Labute approximate surface area is 317 Å². The van der Waals surface area contributed by atoms with Crippen molar-refractivity contribution < 1.29 is 25.9 Å². The quantitative estimate of drug-likeness (QED) is 0.124. The molecule has 3 nitrogen and oxygen atoms in total. The van der Waals surface area contributed by atoms with Crippen molar-refractivity contribution >= 4 is 35.2 Å². The fourth-order valence-corrected chi connectivity index (χ4v) is 7.06. The SMILES string of the molecule is C[Si](C)(C)c1ccc(-c2[c-]cccc2)nc1.[2H]C(C)(C)c1ccnc(-c2[c-]ccc3c2oc2ccc(-c4ccc(-c5ccccc5)cc4)cc23)c1.[Ir]. The zero-order valence-electron chi connectivity index (χ0n) is 30.5. The molecule has 255 valence electrons. The monoisotopic (exact) mass is 858 g/mol. The van der Waals surface area contributed by atoms with Gasteiger partial charge in [-0.2, -0.15) is 0 Å². The van der Waals surface area contributed by atoms with Gasteiger partial charge in [-0.05, 0) is 62.9 Å². The van der Waals surface area contributed by atoms with Crippen molar-refractivity contribution in [3.8, 4) is 44.8 Å². The van der Waals surface area contributed by atoms with Crippen molar-refractivity contribution in [2.75, 3.05) is 0 Å². The van der Waals surface area contributed by atoms with Gasteiger partial charge in [0.05, 0.1) is 13.7 Å². The number of furan rings is 1. The van der Waals surface area contributed by atoms with Crippen LogP contribution in [0.4, 0.5) is 0 Å². The largest absolute Gasteiger partial charge is 0.501 e. The third-order valence-electron chi connectivity index (χ3n) is 8.96. The van der Waals surface area contributed by atoms with Gasteiger partial charge in [-0.1, -0.05) is 129 Å². The second kappa shape index (κ2) is 15.5. The molecule has 5 aromatic carbocycles. The van der Waals surface area contributed by atoms with Crippen LogP contribution in [0.15, 0.2) is 150 Å². The molecule has 0 amide bonds. The number of aromatic nitrogens is 2. The molecule has 3 aromatic heterocycles. The van der Waals surface area contributed by atoms with E-state index >= 15 is 0 Å². The fourth-order valence-electron chi connectivity index (χ4n) is 6.03. The topological polar surface area (TPSA) is 38.9 Å². The smallest absolute Gasteiger partial charge is 0.120 e. The molecule has 8 rings (SSSR count). The Morgan fingerprint density at radius 1 is 0.647 bits per heavy atom. The van der Waals surface area contributed by atoms with E-state index in [1.54, 1.807) is 6.20 Å². The van der Waals surface area contributed by atoms with E-state index in [1.807, 2.05) is 80.7 Å². The van der Waals surface area contributed by atoms with Crippen LogP contribution in [0.5, 0.6) is 0 Å². The first-order chi connectivity index (χ1) is 24.5. The molecule has 51 heavy (non-hydrogen) atoms. The third kappa shape index (κ3) is 8.02. The van der Waals surface area contributed by atoms with Crippen molar-refractivity contribution in [3.05, 3.63) is 164 Å². The van der Waals surface area contributed by atoms with Crippen LogP contribution in [0.25, 0.3) is 66.7 Å². The Balaban J connectivity index is 0.000000230. The first-order valence-corrected chi connectivity index (χ1v) is 20.5. The van der Waals surface area contributed by atoms with Crippen LogP contribution in [0, 0.1) is 12.1 Å². The summed E-state index contributed by atoms with van der Waals surface area (Å²) < 4.78 is 14.7. The molecule has 1 radical (unpaired) electrons. The molecular weight excluding hydrogens is 817 g/mol. The summed E-state index contributed by atoms with van der Waals surface area (Å²) in [5.74, 6) is -0.704. The van der Waals surface area contributed by atoms with Gasteiger partial charge >= 0.3 is 0 Å². The van der Waals surface area contributed by atoms with E-state index in [1.165, 1.54) is 16.3 Å². The second-order valence-electron chi connectivity index (χ2n) is 13.7. The number of rotatable bonds is 6. The number of hydrogen-bond acceptors (Lipinski definition) is 3. The van der Waals surface area contributed by atoms with Crippen LogP contribution < -0.4 is 5.19 Å². The van der Waals surface area contributed by atoms with Crippen molar-refractivity contribution in [1.82, 2.24) is 9.97 Å². The molecule has 0 fully saturated rings. The predicted octanol–water partition coefficient (Wildman–Crippen LogP) is 12.0. The van der Waals surface area contributed by atoms with E-state index < -0.39 is 14.0 Å². The first-order valence-electron chi connectivity index (χ1n) is 17.5. The first kappa shape index (κ1) is 34.5. The molecule has 3 heterocycles. The maximum atomic E-state index is 8.39. The standard InChI is InChI=1S/C32H24NO.C14H16NSi.Ir/c1-21(2)25-17-18-33-30(20-25)28-10-6-9-27-29-19-26(15-16-31(29)34-32(27)28)24-13-11-23(12-14-24)22-7-4-3-5-8-22;1-16(2,3)13-9-10-14(15-11-13)12-7-5-4-6-8-12;/h3-9,11-21H,1-2H3;4-7,9-11H,1-3H3;/q2*-1;/i21D;;. The van der Waals surface area contributed by atoms with Crippen LogP contribution in [0.2, 0.25) is 19.6 Å². The third-order valence-corrected chi connectivity index (χ3v) is 11.0. The van der Waals surface area contributed by atoms with E-state index in [-0.39, 0.29) is 20.1 Å². The Kier molecular flexibility index (Phi) is 10.5. The predicted molar refractivity (Wildman–Crippen MR) is 212 cm³/mol. The van der Waals surface area contributed by atoms with Crippen molar-refractivity contribution in [1.29, 1.82) is 0 Å². The molecular formula is C46H40IrN2OSi-2. The molecule has 0 aliphatic carbocycles. The molecule has 0 spiro atoms. The van der Waals surface area contributed by atoms with E-state index in [2.05, 4.69) is 115 Å². The van der Waals surface area contributed by atoms with Gasteiger partial charge in [0.2, 0.25) is 0 Å². The zero-order chi connectivity index (χ0) is 35.6.